The molecule has 0 atom stereocenters. The van der Waals surface area contributed by atoms with Crippen molar-refractivity contribution in [1.29, 1.82) is 0 Å². The Morgan fingerprint density at radius 3 is 2.32 bits per heavy atom. The summed E-state index contributed by atoms with van der Waals surface area (Å²) in [6.45, 7) is 14.6. The van der Waals surface area contributed by atoms with Gasteiger partial charge in [0.15, 0.2) is 11.5 Å². The van der Waals surface area contributed by atoms with E-state index in [1.165, 1.54) is 6.42 Å². The zero-order chi connectivity index (χ0) is 16.5. The highest BCUT2D eigenvalue weighted by Crippen LogP contribution is 2.42. The van der Waals surface area contributed by atoms with E-state index < -0.39 is 0 Å². The van der Waals surface area contributed by atoms with Gasteiger partial charge in [0.1, 0.15) is 0 Å². The molecule has 0 bridgehead atoms. The average molecular weight is 303 g/mol. The van der Waals surface area contributed by atoms with Gasteiger partial charge < -0.3 is 9.94 Å². The second-order valence-electron chi connectivity index (χ2n) is 7.41. The van der Waals surface area contributed by atoms with Gasteiger partial charge in [-0.25, -0.2) is 0 Å². The molecule has 1 aliphatic heterocycles. The molecule has 0 saturated carbocycles. The maximum Gasteiger partial charge on any atom is 0.192 e. The van der Waals surface area contributed by atoms with E-state index in [1.54, 1.807) is 6.08 Å². The van der Waals surface area contributed by atoms with Crippen LogP contribution < -0.4 is 4.84 Å². The van der Waals surface area contributed by atoms with Crippen molar-refractivity contribution in [2.24, 2.45) is 0 Å². The minimum Gasteiger partial charge on any atom is -0.504 e. The second-order valence-corrected chi connectivity index (χ2v) is 7.41. The molecular formula is C19H29NO2. The van der Waals surface area contributed by atoms with Crippen LogP contribution >= 0.6 is 0 Å². The van der Waals surface area contributed by atoms with Gasteiger partial charge in [0.25, 0.3) is 0 Å². The Kier molecular flexibility index (Phi) is 4.57. The van der Waals surface area contributed by atoms with E-state index in [-0.39, 0.29) is 16.8 Å². The van der Waals surface area contributed by atoms with Crippen LogP contribution in [0.15, 0.2) is 18.7 Å². The van der Waals surface area contributed by atoms with Crippen molar-refractivity contribution < 1.29 is 9.94 Å². The largest absolute Gasteiger partial charge is 0.504 e. The Labute approximate surface area is 134 Å². The minimum atomic E-state index is -0.0661. The van der Waals surface area contributed by atoms with Gasteiger partial charge >= 0.3 is 0 Å². The highest BCUT2D eigenvalue weighted by molar-refractivity contribution is 5.62. The van der Waals surface area contributed by atoms with Crippen molar-refractivity contribution in [3.05, 3.63) is 29.8 Å². The van der Waals surface area contributed by atoms with E-state index in [0.29, 0.717) is 11.3 Å². The first-order valence-electron chi connectivity index (χ1n) is 8.18. The van der Waals surface area contributed by atoms with Crippen LogP contribution in [-0.4, -0.2) is 21.2 Å². The lowest BCUT2D eigenvalue weighted by Crippen LogP contribution is -2.60. The third-order valence-electron chi connectivity index (χ3n) is 4.70. The molecule has 1 N–H and O–H groups in total. The molecule has 122 valence electrons. The summed E-state index contributed by atoms with van der Waals surface area (Å²) in [6, 6.07) is 3.90. The molecule has 3 nitrogen and oxygen atoms in total. The minimum absolute atomic E-state index is 0.0661. The fraction of sp³-hybridized carbons (Fsp3) is 0.579. The predicted molar refractivity (Wildman–Crippen MR) is 92.1 cm³/mol. The fourth-order valence-electron chi connectivity index (χ4n) is 3.49. The topological polar surface area (TPSA) is 32.7 Å². The van der Waals surface area contributed by atoms with Crippen molar-refractivity contribution in [2.75, 3.05) is 0 Å². The van der Waals surface area contributed by atoms with Crippen LogP contribution in [0.25, 0.3) is 6.08 Å². The SMILES string of the molecule is C=Cc1ccc(CC)c(ON2C(C)(C)CCCC2(C)C)c1O. The molecule has 3 heteroatoms. The lowest BCUT2D eigenvalue weighted by Gasteiger charge is -2.51. The van der Waals surface area contributed by atoms with Crippen molar-refractivity contribution in [3.63, 3.8) is 0 Å². The number of hydroxylamine groups is 2. The van der Waals surface area contributed by atoms with Crippen LogP contribution in [0, 0.1) is 0 Å². The van der Waals surface area contributed by atoms with Gasteiger partial charge in [0.2, 0.25) is 0 Å². The van der Waals surface area contributed by atoms with E-state index >= 15 is 0 Å². The lowest BCUT2D eigenvalue weighted by molar-refractivity contribution is -0.217. The summed E-state index contributed by atoms with van der Waals surface area (Å²) in [5.41, 5.74) is 1.59. The van der Waals surface area contributed by atoms with E-state index in [0.717, 1.165) is 24.8 Å². The quantitative estimate of drug-likeness (QED) is 0.855. The number of nitrogens with zero attached hydrogens (tertiary/aromatic N) is 1. The molecule has 22 heavy (non-hydrogen) atoms. The predicted octanol–water partition coefficient (Wildman–Crippen LogP) is 4.93. The van der Waals surface area contributed by atoms with E-state index in [2.05, 4.69) is 46.3 Å². The normalized spacial score (nSPS) is 20.6. The van der Waals surface area contributed by atoms with Gasteiger partial charge in [0, 0.05) is 11.1 Å². The number of phenolic OH excluding ortho intramolecular Hbond substituents is 1. The average Bonchev–Trinajstić information content (AvgIpc) is 2.43. The Bertz CT molecular complexity index is 545. The van der Waals surface area contributed by atoms with E-state index in [4.69, 9.17) is 4.84 Å². The molecule has 1 saturated heterocycles. The number of aromatic hydroxyl groups is 1. The van der Waals surface area contributed by atoms with Gasteiger partial charge in [-0.05, 0) is 53.4 Å². The molecular weight excluding hydrogens is 274 g/mol. The van der Waals surface area contributed by atoms with Gasteiger partial charge in [0.05, 0.1) is 11.1 Å². The first-order valence-corrected chi connectivity index (χ1v) is 8.18. The van der Waals surface area contributed by atoms with Gasteiger partial charge in [-0.2, -0.15) is 0 Å². The molecule has 0 aliphatic carbocycles. The van der Waals surface area contributed by atoms with Crippen molar-refractivity contribution >= 4 is 6.08 Å². The number of phenols is 1. The number of benzene rings is 1. The molecule has 1 fully saturated rings. The molecule has 1 aliphatic rings. The number of aryl methyl sites for hydroxylation is 1. The third kappa shape index (κ3) is 3.00. The molecule has 0 radical (unpaired) electrons. The number of piperidine rings is 1. The Morgan fingerprint density at radius 1 is 1.23 bits per heavy atom. The summed E-state index contributed by atoms with van der Waals surface area (Å²) < 4.78 is 0. The fourth-order valence-corrected chi connectivity index (χ4v) is 3.49. The van der Waals surface area contributed by atoms with Gasteiger partial charge in [-0.3, -0.25) is 0 Å². The zero-order valence-electron chi connectivity index (χ0n) is 14.6. The summed E-state index contributed by atoms with van der Waals surface area (Å²) in [6.07, 6.45) is 5.84. The van der Waals surface area contributed by atoms with Gasteiger partial charge in [-0.1, -0.05) is 31.7 Å². The monoisotopic (exact) mass is 303 g/mol. The standard InChI is InChI=1S/C19H29NO2/c1-7-14-10-11-15(8-2)17(16(14)21)22-20-18(3,4)12-9-13-19(20,5)6/h7,10-11,21H,1,8-9,12-13H2,2-6H3. The molecule has 2 rings (SSSR count). The molecule has 0 unspecified atom stereocenters. The van der Waals surface area contributed by atoms with Crippen molar-refractivity contribution in [2.45, 2.75) is 71.4 Å². The Hall–Kier alpha value is -1.48. The molecule has 1 heterocycles. The smallest absolute Gasteiger partial charge is 0.192 e. The Morgan fingerprint density at radius 2 is 1.82 bits per heavy atom. The van der Waals surface area contributed by atoms with Crippen LogP contribution in [0.1, 0.15) is 65.0 Å². The van der Waals surface area contributed by atoms with Crippen molar-refractivity contribution in [3.8, 4) is 11.5 Å². The van der Waals surface area contributed by atoms with E-state index in [1.807, 2.05) is 12.1 Å². The zero-order valence-corrected chi connectivity index (χ0v) is 14.6. The van der Waals surface area contributed by atoms with E-state index in [9.17, 15) is 5.11 Å². The molecule has 1 aromatic carbocycles. The number of hydrogen-bond donors (Lipinski definition) is 1. The molecule has 1 aromatic rings. The van der Waals surface area contributed by atoms with Crippen LogP contribution in [0.4, 0.5) is 0 Å². The number of rotatable bonds is 4. The first kappa shape index (κ1) is 16.9. The summed E-state index contributed by atoms with van der Waals surface area (Å²) in [7, 11) is 0. The second kappa shape index (κ2) is 5.96. The summed E-state index contributed by atoms with van der Waals surface area (Å²) in [4.78, 5) is 6.32. The molecule has 0 amide bonds. The maximum atomic E-state index is 10.5. The van der Waals surface area contributed by atoms with Crippen LogP contribution in [0.5, 0.6) is 11.5 Å². The Balaban J connectivity index is 2.46. The maximum absolute atomic E-state index is 10.5. The van der Waals surface area contributed by atoms with Crippen LogP contribution in [-0.2, 0) is 6.42 Å². The van der Waals surface area contributed by atoms with Crippen molar-refractivity contribution in [1.82, 2.24) is 5.06 Å². The summed E-state index contributed by atoms with van der Waals surface area (Å²) >= 11 is 0. The number of hydrogen-bond acceptors (Lipinski definition) is 3. The highest BCUT2D eigenvalue weighted by Gasteiger charge is 2.44. The summed E-state index contributed by atoms with van der Waals surface area (Å²) in [5, 5.41) is 12.6. The third-order valence-corrected chi connectivity index (χ3v) is 4.70. The lowest BCUT2D eigenvalue weighted by atomic mass is 9.82. The summed E-state index contributed by atoms with van der Waals surface area (Å²) in [5.74, 6) is 0.759. The molecule has 0 aromatic heterocycles. The molecule has 0 spiro atoms. The van der Waals surface area contributed by atoms with Crippen LogP contribution in [0.3, 0.4) is 0 Å². The highest BCUT2D eigenvalue weighted by atomic mass is 16.7. The van der Waals surface area contributed by atoms with Crippen LogP contribution in [0.2, 0.25) is 0 Å². The van der Waals surface area contributed by atoms with Gasteiger partial charge in [-0.15, -0.1) is 5.06 Å². The first-order chi connectivity index (χ1) is 10.2.